The molecule has 0 amide bonds. The molecule has 0 saturated heterocycles. The van der Waals surface area contributed by atoms with Crippen molar-refractivity contribution < 1.29 is 4.74 Å². The highest BCUT2D eigenvalue weighted by atomic mass is 79.9. The van der Waals surface area contributed by atoms with Crippen LogP contribution in [0.25, 0.3) is 0 Å². The standard InChI is InChI=1S/C6H6Br2N2OS/c1-2-11-6(9)4-3(7)5(8)10-12-4/h9H,2H2,1H3. The van der Waals surface area contributed by atoms with E-state index in [0.717, 1.165) is 4.47 Å². The Labute approximate surface area is 91.1 Å². The lowest BCUT2D eigenvalue weighted by Crippen LogP contribution is -2.02. The fourth-order valence-electron chi connectivity index (χ4n) is 0.611. The molecule has 0 bridgehead atoms. The summed E-state index contributed by atoms with van der Waals surface area (Å²) >= 11 is 7.77. The SMILES string of the molecule is CCOC(=N)c1snc(Br)c1Br. The summed E-state index contributed by atoms with van der Waals surface area (Å²) in [5.74, 6) is 0.160. The lowest BCUT2D eigenvalue weighted by Gasteiger charge is -2.00. The molecule has 0 radical (unpaired) electrons. The van der Waals surface area contributed by atoms with Crippen molar-refractivity contribution in [3.05, 3.63) is 14.0 Å². The van der Waals surface area contributed by atoms with Gasteiger partial charge in [0.05, 0.1) is 11.1 Å². The number of rotatable bonds is 2. The van der Waals surface area contributed by atoms with Crippen molar-refractivity contribution in [3.63, 3.8) is 0 Å². The highest BCUT2D eigenvalue weighted by molar-refractivity contribution is 9.13. The molecular formula is C6H6Br2N2OS. The molecule has 0 aromatic carbocycles. The Morgan fingerprint density at radius 1 is 1.67 bits per heavy atom. The molecule has 0 aliphatic heterocycles. The summed E-state index contributed by atoms with van der Waals surface area (Å²) in [6.45, 7) is 2.35. The van der Waals surface area contributed by atoms with Crippen LogP contribution in [0, 0.1) is 5.41 Å². The lowest BCUT2D eigenvalue weighted by molar-refractivity contribution is 0.326. The van der Waals surface area contributed by atoms with Crippen molar-refractivity contribution in [1.29, 1.82) is 5.41 Å². The van der Waals surface area contributed by atoms with Gasteiger partial charge in [0.15, 0.2) is 0 Å². The molecule has 0 unspecified atom stereocenters. The third kappa shape index (κ3) is 2.05. The van der Waals surface area contributed by atoms with Gasteiger partial charge in [-0.1, -0.05) is 0 Å². The van der Waals surface area contributed by atoms with Crippen LogP contribution in [0.3, 0.4) is 0 Å². The first kappa shape index (κ1) is 10.1. The molecule has 0 fully saturated rings. The van der Waals surface area contributed by atoms with Crippen LogP contribution in [0.1, 0.15) is 11.8 Å². The van der Waals surface area contributed by atoms with Gasteiger partial charge >= 0.3 is 0 Å². The summed E-state index contributed by atoms with van der Waals surface area (Å²) in [6.07, 6.45) is 0. The molecule has 0 aliphatic carbocycles. The van der Waals surface area contributed by atoms with Crippen molar-refractivity contribution in [3.8, 4) is 0 Å². The summed E-state index contributed by atoms with van der Waals surface area (Å²) in [4.78, 5) is 0.712. The zero-order chi connectivity index (χ0) is 9.14. The molecule has 3 nitrogen and oxygen atoms in total. The van der Waals surface area contributed by atoms with Crippen molar-refractivity contribution in [2.45, 2.75) is 6.92 Å². The zero-order valence-corrected chi connectivity index (χ0v) is 10.2. The van der Waals surface area contributed by atoms with Gasteiger partial charge in [0.2, 0.25) is 5.90 Å². The summed E-state index contributed by atoms with van der Waals surface area (Å²) in [7, 11) is 0. The minimum atomic E-state index is 0.160. The Kier molecular flexibility index (Phi) is 3.67. The number of nitrogens with zero attached hydrogens (tertiary/aromatic N) is 1. The Balaban J connectivity index is 2.88. The minimum Gasteiger partial charge on any atom is -0.477 e. The van der Waals surface area contributed by atoms with Gasteiger partial charge in [0.25, 0.3) is 0 Å². The predicted octanol–water partition coefficient (Wildman–Crippen LogP) is 3.03. The summed E-state index contributed by atoms with van der Waals surface area (Å²) in [6, 6.07) is 0. The van der Waals surface area contributed by atoms with Gasteiger partial charge in [-0.15, -0.1) is 0 Å². The molecule has 1 heterocycles. The maximum Gasteiger partial charge on any atom is 0.226 e. The van der Waals surface area contributed by atoms with E-state index in [-0.39, 0.29) is 5.90 Å². The molecule has 1 aromatic heterocycles. The molecule has 0 spiro atoms. The molecular weight excluding hydrogens is 308 g/mol. The van der Waals surface area contributed by atoms with Crippen LogP contribution in [0.4, 0.5) is 0 Å². The third-order valence-corrected chi connectivity index (χ3v) is 4.31. The van der Waals surface area contributed by atoms with E-state index in [9.17, 15) is 0 Å². The van der Waals surface area contributed by atoms with Crippen LogP contribution < -0.4 is 0 Å². The Morgan fingerprint density at radius 3 is 2.75 bits per heavy atom. The highest BCUT2D eigenvalue weighted by Crippen LogP contribution is 2.29. The molecule has 0 atom stereocenters. The van der Waals surface area contributed by atoms with Crippen molar-refractivity contribution in [2.24, 2.45) is 0 Å². The number of nitrogens with one attached hydrogen (secondary N) is 1. The second-order valence-electron chi connectivity index (χ2n) is 1.88. The first-order valence-electron chi connectivity index (χ1n) is 3.19. The lowest BCUT2D eigenvalue weighted by atomic mass is 10.5. The van der Waals surface area contributed by atoms with E-state index in [2.05, 4.69) is 36.2 Å². The number of halogens is 2. The molecule has 6 heteroatoms. The second kappa shape index (κ2) is 4.34. The normalized spacial score (nSPS) is 9.92. The maximum atomic E-state index is 7.48. The van der Waals surface area contributed by atoms with Crippen LogP contribution in [0.15, 0.2) is 9.08 Å². The van der Waals surface area contributed by atoms with Gasteiger partial charge in [0, 0.05) is 0 Å². The fraction of sp³-hybridized carbons (Fsp3) is 0.333. The van der Waals surface area contributed by atoms with E-state index in [1.165, 1.54) is 11.5 Å². The van der Waals surface area contributed by atoms with Crippen LogP contribution in [0.2, 0.25) is 0 Å². The summed E-state index contributed by atoms with van der Waals surface area (Å²) in [5, 5.41) is 7.48. The molecule has 0 saturated carbocycles. The molecule has 1 rings (SSSR count). The van der Waals surface area contributed by atoms with Crippen molar-refractivity contribution in [1.82, 2.24) is 4.37 Å². The minimum absolute atomic E-state index is 0.160. The molecule has 1 N–H and O–H groups in total. The van der Waals surface area contributed by atoms with E-state index in [1.54, 1.807) is 0 Å². The van der Waals surface area contributed by atoms with Gasteiger partial charge < -0.3 is 4.74 Å². The first-order chi connectivity index (χ1) is 5.66. The third-order valence-electron chi connectivity index (χ3n) is 1.09. The predicted molar refractivity (Wildman–Crippen MR) is 56.0 cm³/mol. The van der Waals surface area contributed by atoms with Gasteiger partial charge in [0.1, 0.15) is 9.48 Å². The van der Waals surface area contributed by atoms with E-state index in [4.69, 9.17) is 10.1 Å². The van der Waals surface area contributed by atoms with E-state index >= 15 is 0 Å². The van der Waals surface area contributed by atoms with Gasteiger partial charge in [-0.05, 0) is 50.3 Å². The van der Waals surface area contributed by atoms with E-state index in [0.29, 0.717) is 16.1 Å². The number of ether oxygens (including phenoxy) is 1. The van der Waals surface area contributed by atoms with Crippen LogP contribution in [-0.4, -0.2) is 16.9 Å². The van der Waals surface area contributed by atoms with Crippen LogP contribution in [0.5, 0.6) is 0 Å². The zero-order valence-electron chi connectivity index (χ0n) is 6.23. The maximum absolute atomic E-state index is 7.48. The summed E-state index contributed by atoms with van der Waals surface area (Å²) in [5.41, 5.74) is 0. The number of hydrogen-bond donors (Lipinski definition) is 1. The van der Waals surface area contributed by atoms with Crippen molar-refractivity contribution in [2.75, 3.05) is 6.61 Å². The van der Waals surface area contributed by atoms with E-state index in [1.807, 2.05) is 6.92 Å². The van der Waals surface area contributed by atoms with E-state index < -0.39 is 0 Å². The number of aromatic nitrogens is 1. The number of hydrogen-bond acceptors (Lipinski definition) is 4. The Bertz CT molecular complexity index is 300. The fourth-order valence-corrected chi connectivity index (χ4v) is 2.34. The quantitative estimate of drug-likeness (QED) is 0.674. The molecule has 12 heavy (non-hydrogen) atoms. The Hall–Kier alpha value is 0.0600. The monoisotopic (exact) mass is 312 g/mol. The first-order valence-corrected chi connectivity index (χ1v) is 5.55. The average molecular weight is 314 g/mol. The largest absolute Gasteiger partial charge is 0.477 e. The average Bonchev–Trinajstić information content (AvgIpc) is 2.34. The second-order valence-corrected chi connectivity index (χ2v) is 4.20. The molecule has 0 aliphatic rings. The Morgan fingerprint density at radius 2 is 2.33 bits per heavy atom. The summed E-state index contributed by atoms with van der Waals surface area (Å²) < 4.78 is 10.5. The highest BCUT2D eigenvalue weighted by Gasteiger charge is 2.13. The van der Waals surface area contributed by atoms with Gasteiger partial charge in [-0.25, -0.2) is 0 Å². The van der Waals surface area contributed by atoms with Crippen LogP contribution in [-0.2, 0) is 4.74 Å². The smallest absolute Gasteiger partial charge is 0.226 e. The van der Waals surface area contributed by atoms with Crippen molar-refractivity contribution >= 4 is 49.3 Å². The van der Waals surface area contributed by atoms with Crippen LogP contribution >= 0.6 is 43.4 Å². The van der Waals surface area contributed by atoms with Gasteiger partial charge in [-0.2, -0.15) is 4.37 Å². The topological polar surface area (TPSA) is 46.0 Å². The molecule has 1 aromatic rings. The molecule has 66 valence electrons. The van der Waals surface area contributed by atoms with Gasteiger partial charge in [-0.3, -0.25) is 5.41 Å².